The van der Waals surface area contributed by atoms with Gasteiger partial charge in [-0.2, -0.15) is 0 Å². The molecule has 0 saturated carbocycles. The maximum Gasteiger partial charge on any atom is 0.161 e. The van der Waals surface area contributed by atoms with E-state index in [1.165, 1.54) is 5.56 Å². The Labute approximate surface area is 127 Å². The number of aryl methyl sites for hydroxylation is 1. The molecule has 0 fully saturated rings. The Bertz CT molecular complexity index is 785. The van der Waals surface area contributed by atoms with Crippen LogP contribution in [-0.4, -0.2) is 9.97 Å². The van der Waals surface area contributed by atoms with Crippen molar-refractivity contribution in [2.24, 2.45) is 0 Å². The molecular formula is C16H12Cl2N2. The Balaban J connectivity index is 2.26. The van der Waals surface area contributed by atoms with Crippen LogP contribution in [0.5, 0.6) is 0 Å². The molecule has 0 aliphatic carbocycles. The highest BCUT2D eigenvalue weighted by molar-refractivity contribution is 6.35. The van der Waals surface area contributed by atoms with Gasteiger partial charge in [0.2, 0.25) is 0 Å². The fourth-order valence-electron chi connectivity index (χ4n) is 2.23. The molecule has 2 aromatic carbocycles. The number of nitrogens with zero attached hydrogens (tertiary/aromatic N) is 2. The summed E-state index contributed by atoms with van der Waals surface area (Å²) in [5.74, 6) is 0.641. The zero-order valence-electron chi connectivity index (χ0n) is 10.9. The number of rotatable bonds is 2. The predicted octanol–water partition coefficient (Wildman–Crippen LogP) is 5.17. The highest BCUT2D eigenvalue weighted by Crippen LogP contribution is 2.28. The van der Waals surface area contributed by atoms with Gasteiger partial charge in [0, 0.05) is 16.0 Å². The van der Waals surface area contributed by atoms with E-state index in [1.807, 2.05) is 30.3 Å². The molecule has 3 aromatic rings. The van der Waals surface area contributed by atoms with Crippen molar-refractivity contribution in [3.8, 4) is 11.4 Å². The Morgan fingerprint density at radius 2 is 1.80 bits per heavy atom. The summed E-state index contributed by atoms with van der Waals surface area (Å²) >= 11 is 12.3. The molecule has 0 bridgehead atoms. The van der Waals surface area contributed by atoms with Gasteiger partial charge in [-0.05, 0) is 30.2 Å². The van der Waals surface area contributed by atoms with Crippen LogP contribution in [0.3, 0.4) is 0 Å². The van der Waals surface area contributed by atoms with Crippen LogP contribution in [-0.2, 0) is 6.42 Å². The monoisotopic (exact) mass is 302 g/mol. The largest absolute Gasteiger partial charge is 0.228 e. The molecule has 0 atom stereocenters. The fourth-order valence-corrected chi connectivity index (χ4v) is 2.64. The minimum atomic E-state index is 0.451. The van der Waals surface area contributed by atoms with E-state index < -0.39 is 0 Å². The quantitative estimate of drug-likeness (QED) is 0.611. The van der Waals surface area contributed by atoms with Gasteiger partial charge in [-0.15, -0.1) is 0 Å². The molecule has 0 radical (unpaired) electrons. The summed E-state index contributed by atoms with van der Waals surface area (Å²) in [5.41, 5.74) is 2.97. The van der Waals surface area contributed by atoms with E-state index in [9.17, 15) is 0 Å². The lowest BCUT2D eigenvalue weighted by Crippen LogP contribution is -1.95. The number of hydrogen-bond acceptors (Lipinski definition) is 2. The summed E-state index contributed by atoms with van der Waals surface area (Å²) in [4.78, 5) is 9.02. The molecule has 3 rings (SSSR count). The van der Waals surface area contributed by atoms with Crippen LogP contribution in [0.15, 0.2) is 42.5 Å². The van der Waals surface area contributed by atoms with Crippen LogP contribution in [0.2, 0.25) is 10.2 Å². The maximum absolute atomic E-state index is 6.27. The second-order valence-corrected chi connectivity index (χ2v) is 5.30. The van der Waals surface area contributed by atoms with Gasteiger partial charge in [0.1, 0.15) is 5.15 Å². The van der Waals surface area contributed by atoms with Crippen LogP contribution in [0.1, 0.15) is 12.5 Å². The SMILES string of the molecule is CCc1ccccc1-c1nc(Cl)c2ccc(Cl)cc2n1. The van der Waals surface area contributed by atoms with Gasteiger partial charge in [0.15, 0.2) is 5.82 Å². The topological polar surface area (TPSA) is 25.8 Å². The van der Waals surface area contributed by atoms with Crippen molar-refractivity contribution in [2.45, 2.75) is 13.3 Å². The van der Waals surface area contributed by atoms with E-state index in [4.69, 9.17) is 23.2 Å². The molecule has 0 unspecified atom stereocenters. The Morgan fingerprint density at radius 3 is 2.60 bits per heavy atom. The van der Waals surface area contributed by atoms with Gasteiger partial charge in [-0.3, -0.25) is 0 Å². The molecule has 0 saturated heterocycles. The molecule has 0 aliphatic heterocycles. The Hall–Kier alpha value is -1.64. The van der Waals surface area contributed by atoms with E-state index in [2.05, 4.69) is 23.0 Å². The van der Waals surface area contributed by atoms with Crippen molar-refractivity contribution in [1.82, 2.24) is 9.97 Å². The minimum absolute atomic E-state index is 0.451. The van der Waals surface area contributed by atoms with Crippen molar-refractivity contribution in [1.29, 1.82) is 0 Å². The van der Waals surface area contributed by atoms with E-state index in [-0.39, 0.29) is 0 Å². The van der Waals surface area contributed by atoms with Crippen molar-refractivity contribution >= 4 is 34.1 Å². The normalized spacial score (nSPS) is 10.9. The minimum Gasteiger partial charge on any atom is -0.228 e. The van der Waals surface area contributed by atoms with Crippen LogP contribution in [0, 0.1) is 0 Å². The van der Waals surface area contributed by atoms with Gasteiger partial charge < -0.3 is 0 Å². The fraction of sp³-hybridized carbons (Fsp3) is 0.125. The zero-order valence-corrected chi connectivity index (χ0v) is 12.4. The van der Waals surface area contributed by atoms with Crippen LogP contribution < -0.4 is 0 Å². The standard InChI is InChI=1S/C16H12Cl2N2/c1-2-10-5-3-4-6-12(10)16-19-14-9-11(17)7-8-13(14)15(18)20-16/h3-9H,2H2,1H3. The van der Waals surface area contributed by atoms with Crippen molar-refractivity contribution in [2.75, 3.05) is 0 Å². The van der Waals surface area contributed by atoms with Gasteiger partial charge in [0.25, 0.3) is 0 Å². The predicted molar refractivity (Wildman–Crippen MR) is 84.4 cm³/mol. The van der Waals surface area contributed by atoms with Crippen LogP contribution >= 0.6 is 23.2 Å². The summed E-state index contributed by atoms with van der Waals surface area (Å²) in [5, 5.41) is 1.91. The van der Waals surface area contributed by atoms with Crippen molar-refractivity contribution < 1.29 is 0 Å². The van der Waals surface area contributed by atoms with Gasteiger partial charge >= 0.3 is 0 Å². The maximum atomic E-state index is 6.27. The molecular weight excluding hydrogens is 291 g/mol. The average molecular weight is 303 g/mol. The molecule has 0 aliphatic rings. The summed E-state index contributed by atoms with van der Waals surface area (Å²) in [6, 6.07) is 13.5. The Kier molecular flexibility index (Phi) is 3.60. The van der Waals surface area contributed by atoms with Gasteiger partial charge in [0.05, 0.1) is 5.52 Å². The lowest BCUT2D eigenvalue weighted by atomic mass is 10.0. The van der Waals surface area contributed by atoms with Crippen molar-refractivity contribution in [3.63, 3.8) is 0 Å². The highest BCUT2D eigenvalue weighted by atomic mass is 35.5. The van der Waals surface area contributed by atoms with E-state index in [1.54, 1.807) is 6.07 Å². The summed E-state index contributed by atoms with van der Waals surface area (Å²) < 4.78 is 0. The molecule has 4 heteroatoms. The third-order valence-corrected chi connectivity index (χ3v) is 3.77. The van der Waals surface area contributed by atoms with Crippen LogP contribution in [0.25, 0.3) is 22.3 Å². The summed E-state index contributed by atoms with van der Waals surface area (Å²) in [7, 11) is 0. The summed E-state index contributed by atoms with van der Waals surface area (Å²) in [6.07, 6.45) is 0.921. The smallest absolute Gasteiger partial charge is 0.161 e. The number of fused-ring (bicyclic) bond motifs is 1. The molecule has 0 N–H and O–H groups in total. The molecule has 20 heavy (non-hydrogen) atoms. The highest BCUT2D eigenvalue weighted by Gasteiger charge is 2.10. The number of halogens is 2. The van der Waals surface area contributed by atoms with E-state index in [0.29, 0.717) is 16.0 Å². The first-order valence-electron chi connectivity index (χ1n) is 6.40. The van der Waals surface area contributed by atoms with Gasteiger partial charge in [-0.25, -0.2) is 9.97 Å². The van der Waals surface area contributed by atoms with Crippen LogP contribution in [0.4, 0.5) is 0 Å². The second-order valence-electron chi connectivity index (χ2n) is 4.51. The lowest BCUT2D eigenvalue weighted by Gasteiger charge is -2.08. The number of hydrogen-bond donors (Lipinski definition) is 0. The first-order valence-corrected chi connectivity index (χ1v) is 7.15. The average Bonchev–Trinajstić information content (AvgIpc) is 2.46. The van der Waals surface area contributed by atoms with Gasteiger partial charge in [-0.1, -0.05) is 54.4 Å². The molecule has 1 aromatic heterocycles. The van der Waals surface area contributed by atoms with E-state index in [0.717, 1.165) is 22.9 Å². The zero-order chi connectivity index (χ0) is 14.1. The van der Waals surface area contributed by atoms with E-state index >= 15 is 0 Å². The third kappa shape index (κ3) is 2.37. The molecule has 100 valence electrons. The molecule has 1 heterocycles. The molecule has 0 spiro atoms. The first kappa shape index (κ1) is 13.3. The summed E-state index contributed by atoms with van der Waals surface area (Å²) in [6.45, 7) is 2.11. The third-order valence-electron chi connectivity index (χ3n) is 3.25. The lowest BCUT2D eigenvalue weighted by molar-refractivity contribution is 1.12. The first-order chi connectivity index (χ1) is 9.69. The van der Waals surface area contributed by atoms with Crippen molar-refractivity contribution in [3.05, 3.63) is 58.2 Å². The number of aromatic nitrogens is 2. The Morgan fingerprint density at radius 1 is 1.00 bits per heavy atom. The second kappa shape index (κ2) is 5.39. The molecule has 2 nitrogen and oxygen atoms in total. The number of benzene rings is 2. The molecule has 0 amide bonds.